The Labute approximate surface area is 174 Å². The quantitative estimate of drug-likeness (QED) is 0.377. The Balaban J connectivity index is 1.47. The Morgan fingerprint density at radius 1 is 0.862 bits per heavy atom. The second kappa shape index (κ2) is 8.37. The van der Waals surface area contributed by atoms with Crippen LogP contribution in [0.3, 0.4) is 0 Å². The highest BCUT2D eigenvalue weighted by atomic mass is 32.2. The highest BCUT2D eigenvalue weighted by molar-refractivity contribution is 8.00. The molecule has 1 aliphatic heterocycles. The van der Waals surface area contributed by atoms with Crippen LogP contribution in [0, 0.1) is 0 Å². The molecule has 3 aromatic rings. The summed E-state index contributed by atoms with van der Waals surface area (Å²) in [6.07, 6.45) is 4.22. The molecule has 4 nitrogen and oxygen atoms in total. The van der Waals surface area contributed by atoms with Gasteiger partial charge in [0.15, 0.2) is 0 Å². The smallest absolute Gasteiger partial charge is 0.247 e. The first-order valence-corrected chi connectivity index (χ1v) is 10.2. The molecule has 1 fully saturated rings. The third-order valence-corrected chi connectivity index (χ3v) is 5.84. The first-order chi connectivity index (χ1) is 14.1. The van der Waals surface area contributed by atoms with E-state index in [0.29, 0.717) is 11.4 Å². The van der Waals surface area contributed by atoms with Gasteiger partial charge in [0.1, 0.15) is 0 Å². The third-order valence-electron chi connectivity index (χ3n) is 4.66. The number of nitrogens with two attached hydrogens (primary N) is 1. The van der Waals surface area contributed by atoms with Crippen molar-refractivity contribution in [2.24, 2.45) is 0 Å². The van der Waals surface area contributed by atoms with Gasteiger partial charge in [-0.3, -0.25) is 9.59 Å². The van der Waals surface area contributed by atoms with Gasteiger partial charge < -0.3 is 5.73 Å². The third kappa shape index (κ3) is 4.41. The minimum absolute atomic E-state index is 0.177. The zero-order valence-corrected chi connectivity index (χ0v) is 16.5. The van der Waals surface area contributed by atoms with Crippen LogP contribution in [0.4, 0.5) is 11.4 Å². The fourth-order valence-corrected chi connectivity index (χ4v) is 4.33. The van der Waals surface area contributed by atoms with Crippen LogP contribution >= 0.6 is 11.8 Å². The Kier molecular flexibility index (Phi) is 5.49. The molecule has 0 radical (unpaired) electrons. The predicted molar refractivity (Wildman–Crippen MR) is 119 cm³/mol. The van der Waals surface area contributed by atoms with Gasteiger partial charge in [0.2, 0.25) is 11.8 Å². The maximum absolute atomic E-state index is 12.8. The van der Waals surface area contributed by atoms with Crippen LogP contribution in [-0.4, -0.2) is 17.1 Å². The van der Waals surface area contributed by atoms with Gasteiger partial charge >= 0.3 is 0 Å². The van der Waals surface area contributed by atoms with E-state index < -0.39 is 5.25 Å². The molecule has 3 aromatic carbocycles. The second-order valence-electron chi connectivity index (χ2n) is 6.79. The molecule has 2 amide bonds. The lowest BCUT2D eigenvalue weighted by atomic mass is 10.1. The fraction of sp³-hybridized carbons (Fsp3) is 0.0833. The summed E-state index contributed by atoms with van der Waals surface area (Å²) in [6.45, 7) is 0. The zero-order valence-electron chi connectivity index (χ0n) is 15.7. The van der Waals surface area contributed by atoms with Crippen molar-refractivity contribution in [2.75, 3.05) is 10.6 Å². The summed E-state index contributed by atoms with van der Waals surface area (Å²) in [5.74, 6) is -0.362. The number of amides is 2. The maximum atomic E-state index is 12.8. The largest absolute Gasteiger partial charge is 0.399 e. The lowest BCUT2D eigenvalue weighted by Crippen LogP contribution is -2.31. The molecule has 2 N–H and O–H groups in total. The lowest BCUT2D eigenvalue weighted by Gasteiger charge is -2.15. The summed E-state index contributed by atoms with van der Waals surface area (Å²) in [5.41, 5.74) is 9.17. The van der Waals surface area contributed by atoms with Gasteiger partial charge in [0, 0.05) is 17.0 Å². The molecule has 29 heavy (non-hydrogen) atoms. The van der Waals surface area contributed by atoms with Crippen LogP contribution in [0.25, 0.3) is 12.2 Å². The van der Waals surface area contributed by atoms with E-state index in [1.54, 1.807) is 6.07 Å². The van der Waals surface area contributed by atoms with E-state index in [4.69, 9.17) is 5.73 Å². The summed E-state index contributed by atoms with van der Waals surface area (Å²) < 4.78 is 0. The Morgan fingerprint density at radius 3 is 2.24 bits per heavy atom. The number of carbonyl (C=O) groups is 2. The second-order valence-corrected chi connectivity index (χ2v) is 8.06. The highest BCUT2D eigenvalue weighted by Crippen LogP contribution is 2.34. The van der Waals surface area contributed by atoms with E-state index in [-0.39, 0.29) is 18.2 Å². The molecule has 144 valence electrons. The molecule has 5 heteroatoms. The van der Waals surface area contributed by atoms with Crippen molar-refractivity contribution in [2.45, 2.75) is 16.6 Å². The van der Waals surface area contributed by atoms with Gasteiger partial charge in [-0.25, -0.2) is 4.90 Å². The standard InChI is InChI=1S/C24H20N2O2S/c25-19-7-4-8-21(15-19)29-22-16-23(27)26(24(22)28)20-13-11-18(12-14-20)10-9-17-5-2-1-3-6-17/h1-15,22H,16,25H2. The van der Waals surface area contributed by atoms with Crippen molar-refractivity contribution in [3.63, 3.8) is 0 Å². The van der Waals surface area contributed by atoms with Crippen LogP contribution < -0.4 is 10.6 Å². The molecule has 1 unspecified atom stereocenters. The molecular formula is C24H20N2O2S. The molecule has 0 aromatic heterocycles. The molecule has 0 saturated carbocycles. The van der Waals surface area contributed by atoms with Crippen molar-refractivity contribution in [1.82, 2.24) is 0 Å². The van der Waals surface area contributed by atoms with Crippen LogP contribution in [0.1, 0.15) is 17.5 Å². The van der Waals surface area contributed by atoms with Gasteiger partial charge in [-0.2, -0.15) is 0 Å². The van der Waals surface area contributed by atoms with Crippen molar-refractivity contribution >= 4 is 47.1 Å². The number of anilines is 2. The Hall–Kier alpha value is -3.31. The summed E-state index contributed by atoms with van der Waals surface area (Å²) in [5, 5.41) is -0.429. The number of nitrogen functional groups attached to an aromatic ring is 1. The molecule has 0 aliphatic carbocycles. The number of carbonyl (C=O) groups excluding carboxylic acids is 2. The van der Waals surface area contributed by atoms with Crippen molar-refractivity contribution in [1.29, 1.82) is 0 Å². The summed E-state index contributed by atoms with van der Waals surface area (Å²) in [4.78, 5) is 27.5. The number of nitrogens with zero attached hydrogens (tertiary/aromatic N) is 1. The molecule has 1 aliphatic rings. The van der Waals surface area contributed by atoms with E-state index in [1.807, 2.05) is 84.9 Å². The molecule has 0 spiro atoms. The van der Waals surface area contributed by atoms with Crippen LogP contribution in [0.2, 0.25) is 0 Å². The topological polar surface area (TPSA) is 63.4 Å². The number of rotatable bonds is 5. The van der Waals surface area contributed by atoms with E-state index in [1.165, 1.54) is 16.7 Å². The molecule has 4 rings (SSSR count). The van der Waals surface area contributed by atoms with Gasteiger partial charge in [-0.05, 0) is 41.5 Å². The summed E-state index contributed by atoms with van der Waals surface area (Å²) in [6, 6.07) is 24.8. The molecule has 1 atom stereocenters. The minimum Gasteiger partial charge on any atom is -0.399 e. The Morgan fingerprint density at radius 2 is 1.55 bits per heavy atom. The van der Waals surface area contributed by atoms with Crippen molar-refractivity contribution < 1.29 is 9.59 Å². The molecule has 1 heterocycles. The fourth-order valence-electron chi connectivity index (χ4n) is 3.21. The number of hydrogen-bond acceptors (Lipinski definition) is 4. The SMILES string of the molecule is Nc1cccc(SC2CC(=O)N(c3ccc(C=Cc4ccccc4)cc3)C2=O)c1. The lowest BCUT2D eigenvalue weighted by molar-refractivity contribution is -0.121. The van der Waals surface area contributed by atoms with Crippen molar-refractivity contribution in [3.05, 3.63) is 90.0 Å². The minimum atomic E-state index is -0.429. The van der Waals surface area contributed by atoms with Gasteiger partial charge in [-0.15, -0.1) is 11.8 Å². The zero-order chi connectivity index (χ0) is 20.2. The average molecular weight is 401 g/mol. The maximum Gasteiger partial charge on any atom is 0.247 e. The van der Waals surface area contributed by atoms with E-state index in [0.717, 1.165) is 16.0 Å². The normalized spacial score (nSPS) is 16.7. The molecule has 1 saturated heterocycles. The number of thioether (sulfide) groups is 1. The highest BCUT2D eigenvalue weighted by Gasteiger charge is 2.40. The Bertz CT molecular complexity index is 1060. The predicted octanol–water partition coefficient (Wildman–Crippen LogP) is 4.86. The monoisotopic (exact) mass is 400 g/mol. The van der Waals surface area contributed by atoms with Crippen LogP contribution in [0.5, 0.6) is 0 Å². The van der Waals surface area contributed by atoms with E-state index >= 15 is 0 Å². The molecular weight excluding hydrogens is 380 g/mol. The van der Waals surface area contributed by atoms with Gasteiger partial charge in [0.25, 0.3) is 0 Å². The summed E-state index contributed by atoms with van der Waals surface area (Å²) in [7, 11) is 0. The van der Waals surface area contributed by atoms with E-state index in [9.17, 15) is 9.59 Å². The summed E-state index contributed by atoms with van der Waals surface area (Å²) >= 11 is 1.38. The van der Waals surface area contributed by atoms with E-state index in [2.05, 4.69) is 0 Å². The number of imide groups is 1. The van der Waals surface area contributed by atoms with Crippen LogP contribution in [-0.2, 0) is 9.59 Å². The van der Waals surface area contributed by atoms with Gasteiger partial charge in [0.05, 0.1) is 10.9 Å². The number of benzene rings is 3. The average Bonchev–Trinajstić information content (AvgIpc) is 3.01. The first kappa shape index (κ1) is 19.0. The number of hydrogen-bond donors (Lipinski definition) is 1. The van der Waals surface area contributed by atoms with Gasteiger partial charge in [-0.1, -0.05) is 60.7 Å². The molecule has 0 bridgehead atoms. The first-order valence-electron chi connectivity index (χ1n) is 9.32. The van der Waals surface area contributed by atoms with Crippen molar-refractivity contribution in [3.8, 4) is 0 Å². The van der Waals surface area contributed by atoms with Crippen LogP contribution in [0.15, 0.2) is 83.8 Å².